The minimum atomic E-state index is -4.17. The molecule has 0 aliphatic rings. The number of hydrogen-bond acceptors (Lipinski definition) is 5. The predicted molar refractivity (Wildman–Crippen MR) is 29.3 cm³/mol. The van der Waals surface area contributed by atoms with Crippen LogP contribution in [0, 0.1) is 0 Å². The molecule has 58 valence electrons. The van der Waals surface area contributed by atoms with Gasteiger partial charge in [0.15, 0.2) is 0 Å². The van der Waals surface area contributed by atoms with Gasteiger partial charge in [-0.25, -0.2) is 5.14 Å². The van der Waals surface area contributed by atoms with Crippen molar-refractivity contribution in [1.29, 1.82) is 0 Å². The van der Waals surface area contributed by atoms with E-state index in [1.807, 2.05) is 0 Å². The third kappa shape index (κ3) is 9640. The summed E-state index contributed by atoms with van der Waals surface area (Å²) in [4.78, 5) is 21.7. The van der Waals surface area contributed by atoms with Crippen molar-refractivity contribution in [1.82, 2.24) is 0 Å². The Labute approximate surface area is 52.6 Å². The molecule has 0 aliphatic carbocycles. The van der Waals surface area contributed by atoms with Crippen molar-refractivity contribution in [2.24, 2.45) is 5.14 Å². The molecule has 0 amide bonds. The summed E-state index contributed by atoms with van der Waals surface area (Å²) in [7, 11) is -6.79. The van der Waals surface area contributed by atoms with Gasteiger partial charge in [-0.05, 0) is 0 Å². The fraction of sp³-hybridized carbons (Fsp3) is 0. The lowest BCUT2D eigenvalue weighted by Crippen LogP contribution is -2.08. The zero-order valence-electron chi connectivity index (χ0n) is 4.04. The van der Waals surface area contributed by atoms with Crippen LogP contribution < -0.4 is 5.14 Å². The second kappa shape index (κ2) is 5.00. The molecule has 6 N–H and O–H groups in total. The van der Waals surface area contributed by atoms with Gasteiger partial charge in [0.25, 0.3) is 0 Å². The molecule has 0 saturated heterocycles. The second-order valence-corrected chi connectivity index (χ2v) is 2.35. The summed E-state index contributed by atoms with van der Waals surface area (Å²) in [5.41, 5.74) is 0. The molecular weight excluding hydrogens is 173 g/mol. The van der Waals surface area contributed by atoms with E-state index in [1.54, 1.807) is 0 Å². The van der Waals surface area contributed by atoms with Gasteiger partial charge < -0.3 is 14.7 Å². The van der Waals surface area contributed by atoms with Crippen LogP contribution in [0.1, 0.15) is 0 Å². The Morgan fingerprint density at radius 1 is 1.22 bits per heavy atom. The topological polar surface area (TPSA) is 141 Å². The summed E-state index contributed by atoms with van der Waals surface area (Å²) in [6.07, 6.45) is 0. The van der Waals surface area contributed by atoms with E-state index in [0.717, 1.165) is 0 Å². The van der Waals surface area contributed by atoms with E-state index >= 15 is 0 Å². The maximum atomic E-state index is 8.97. The van der Waals surface area contributed by atoms with Crippen LogP contribution in [0.3, 0.4) is 0 Å². The Bertz CT molecular complexity index is 124. The van der Waals surface area contributed by atoms with Crippen LogP contribution in [0.15, 0.2) is 0 Å². The average molecular weight is 179 g/mol. The van der Waals surface area contributed by atoms with E-state index in [9.17, 15) is 0 Å². The lowest BCUT2D eigenvalue weighted by atomic mass is 13.9. The minimum Gasteiger partial charge on any atom is -0.328 e. The molecule has 0 heterocycles. The lowest BCUT2D eigenvalue weighted by Gasteiger charge is -1.76. The second-order valence-electron chi connectivity index (χ2n) is 0.783. The smallest absolute Gasteiger partial charge is 0.328 e. The molecule has 0 aromatic heterocycles. The minimum absolute atomic E-state index is 2.62. The van der Waals surface area contributed by atoms with Gasteiger partial charge in [-0.3, -0.25) is 4.55 Å². The van der Waals surface area contributed by atoms with Crippen LogP contribution in [0.5, 0.6) is 0 Å². The highest BCUT2D eigenvalue weighted by Crippen LogP contribution is 2.11. The average Bonchev–Trinajstić information content (AvgIpc) is 1.19. The van der Waals surface area contributed by atoms with Crippen LogP contribution >= 0.6 is 8.60 Å². The first-order valence-electron chi connectivity index (χ1n) is 1.35. The van der Waals surface area contributed by atoms with Gasteiger partial charge >= 0.3 is 18.9 Å². The molecule has 0 rings (SSSR count). The summed E-state index contributed by atoms with van der Waals surface area (Å²) in [6, 6.07) is 0. The van der Waals surface area contributed by atoms with E-state index in [4.69, 9.17) is 27.7 Å². The van der Waals surface area contributed by atoms with Crippen molar-refractivity contribution >= 4 is 18.9 Å². The first-order chi connectivity index (χ1) is 3.73. The van der Waals surface area contributed by atoms with E-state index in [2.05, 4.69) is 5.14 Å². The van der Waals surface area contributed by atoms with Crippen molar-refractivity contribution in [3.63, 3.8) is 0 Å². The standard InChI is InChI=1S/H3NO3S.H3O3P/c1-5(2,3)4;1-4(2)3/h(H3,1,2,3,4);1-3H. The summed E-state index contributed by atoms with van der Waals surface area (Å²) >= 11 is 0. The molecule has 0 saturated carbocycles. The quantitative estimate of drug-likeness (QED) is 0.214. The molecule has 9 heteroatoms. The highest BCUT2D eigenvalue weighted by molar-refractivity contribution is 7.83. The van der Waals surface area contributed by atoms with Crippen LogP contribution in [0.4, 0.5) is 0 Å². The van der Waals surface area contributed by atoms with E-state index in [0.29, 0.717) is 0 Å². The molecule has 0 aromatic carbocycles. The van der Waals surface area contributed by atoms with Gasteiger partial charge in [0, 0.05) is 0 Å². The maximum Gasteiger partial charge on any atom is 0.330 e. The zero-order chi connectivity index (χ0) is 8.08. The molecule has 0 aliphatic heterocycles. The van der Waals surface area contributed by atoms with Gasteiger partial charge in [-0.15, -0.1) is 0 Å². The monoisotopic (exact) mass is 179 g/mol. The summed E-state index contributed by atoms with van der Waals surface area (Å²) in [6.45, 7) is 0. The Morgan fingerprint density at radius 3 is 1.22 bits per heavy atom. The van der Waals surface area contributed by atoms with Crippen molar-refractivity contribution in [2.45, 2.75) is 0 Å². The first kappa shape index (κ1) is 11.9. The fourth-order valence-corrected chi connectivity index (χ4v) is 0. The van der Waals surface area contributed by atoms with Crippen molar-refractivity contribution < 1.29 is 27.7 Å². The Hall–Kier alpha value is 0.180. The molecule has 0 radical (unpaired) electrons. The molecule has 0 unspecified atom stereocenters. The SMILES string of the molecule is NS(=O)(=O)O.OP(O)O. The molecule has 0 atom stereocenters. The molecule has 9 heavy (non-hydrogen) atoms. The normalized spacial score (nSPS) is 10.4. The summed E-state index contributed by atoms with van der Waals surface area (Å²) < 4.78 is 25.2. The molecule has 0 fully saturated rings. The molecule has 0 aromatic rings. The van der Waals surface area contributed by atoms with Gasteiger partial charge in [-0.2, -0.15) is 8.42 Å². The van der Waals surface area contributed by atoms with Gasteiger partial charge in [0.1, 0.15) is 0 Å². The van der Waals surface area contributed by atoms with Crippen LogP contribution in [-0.4, -0.2) is 27.7 Å². The largest absolute Gasteiger partial charge is 0.330 e. The molecular formula is H6NO6PS. The maximum absolute atomic E-state index is 8.97. The van der Waals surface area contributed by atoms with Gasteiger partial charge in [-0.1, -0.05) is 0 Å². The van der Waals surface area contributed by atoms with Gasteiger partial charge in [0.2, 0.25) is 0 Å². The van der Waals surface area contributed by atoms with Crippen LogP contribution in [0.25, 0.3) is 0 Å². The van der Waals surface area contributed by atoms with Crippen molar-refractivity contribution in [3.8, 4) is 0 Å². The molecule has 0 spiro atoms. The van der Waals surface area contributed by atoms with Gasteiger partial charge in [0.05, 0.1) is 0 Å². The number of rotatable bonds is 0. The summed E-state index contributed by atoms with van der Waals surface area (Å²) in [5.74, 6) is 0. The number of nitrogens with two attached hydrogens (primary N) is 1. The summed E-state index contributed by atoms with van der Waals surface area (Å²) in [5, 5.41) is 3.88. The Morgan fingerprint density at radius 2 is 1.22 bits per heavy atom. The predicted octanol–water partition coefficient (Wildman–Crippen LogP) is -2.06. The number of hydrogen-bond donors (Lipinski definition) is 5. The van der Waals surface area contributed by atoms with Crippen molar-refractivity contribution in [3.05, 3.63) is 0 Å². The van der Waals surface area contributed by atoms with E-state index in [1.165, 1.54) is 0 Å². The Balaban J connectivity index is 0. The Kier molecular flexibility index (Phi) is 6.62. The fourth-order valence-electron chi connectivity index (χ4n) is 0. The highest BCUT2D eigenvalue weighted by atomic mass is 32.2. The first-order valence-corrected chi connectivity index (χ1v) is 4.05. The van der Waals surface area contributed by atoms with E-state index < -0.39 is 18.9 Å². The third-order valence-electron chi connectivity index (χ3n) is 0. The zero-order valence-corrected chi connectivity index (χ0v) is 5.75. The highest BCUT2D eigenvalue weighted by Gasteiger charge is 1.81. The lowest BCUT2D eigenvalue weighted by molar-refractivity contribution is 0.368. The van der Waals surface area contributed by atoms with E-state index in [-0.39, 0.29) is 0 Å². The molecule has 0 bridgehead atoms. The van der Waals surface area contributed by atoms with Crippen molar-refractivity contribution in [2.75, 3.05) is 0 Å². The third-order valence-corrected chi connectivity index (χ3v) is 0. The van der Waals surface area contributed by atoms with Crippen LogP contribution in [-0.2, 0) is 10.3 Å². The molecule has 7 nitrogen and oxygen atoms in total. The van der Waals surface area contributed by atoms with Crippen LogP contribution in [0.2, 0.25) is 0 Å².